The molecule has 4 aromatic rings. The number of benzene rings is 2. The molecule has 182 valence electrons. The van der Waals surface area contributed by atoms with Gasteiger partial charge in [0, 0.05) is 24.7 Å². The van der Waals surface area contributed by atoms with E-state index in [-0.39, 0.29) is 6.04 Å². The minimum atomic E-state index is 0.258. The molecule has 2 aromatic carbocycles. The lowest BCUT2D eigenvalue weighted by Gasteiger charge is -2.17. The van der Waals surface area contributed by atoms with Crippen molar-refractivity contribution in [1.29, 1.82) is 0 Å². The molecule has 0 spiro atoms. The van der Waals surface area contributed by atoms with E-state index in [1.165, 1.54) is 6.42 Å². The molecule has 2 aromatic heterocycles. The highest BCUT2D eigenvalue weighted by Gasteiger charge is 2.25. The molecule has 0 saturated heterocycles. The number of nitrogens with zero attached hydrogens (tertiary/aromatic N) is 3. The Kier molecular flexibility index (Phi) is 6.97. The summed E-state index contributed by atoms with van der Waals surface area (Å²) in [4.78, 5) is 14.9. The molecule has 0 amide bonds. The lowest BCUT2D eigenvalue weighted by molar-refractivity contribution is 0.261. The van der Waals surface area contributed by atoms with Crippen LogP contribution in [0.5, 0.6) is 5.75 Å². The van der Waals surface area contributed by atoms with Gasteiger partial charge in [0.15, 0.2) is 0 Å². The number of rotatable bonds is 9. The maximum atomic E-state index is 6.32. The van der Waals surface area contributed by atoms with Gasteiger partial charge < -0.3 is 25.7 Å². The summed E-state index contributed by atoms with van der Waals surface area (Å²) in [6, 6.07) is 18.9. The molecule has 0 bridgehead atoms. The van der Waals surface area contributed by atoms with Crippen LogP contribution in [-0.2, 0) is 0 Å². The lowest BCUT2D eigenvalue weighted by Crippen LogP contribution is -2.29. The Morgan fingerprint density at radius 1 is 1.03 bits per heavy atom. The number of H-pyrrole nitrogens is 1. The number of fused-ring (bicyclic) bond motifs is 1. The number of hydrogen-bond donors (Lipinski definition) is 3. The van der Waals surface area contributed by atoms with Crippen molar-refractivity contribution in [3.8, 4) is 28.1 Å². The lowest BCUT2D eigenvalue weighted by atomic mass is 9.98. The van der Waals surface area contributed by atoms with Gasteiger partial charge in [0.05, 0.1) is 11.1 Å². The largest absolute Gasteiger partial charge is 0.492 e. The fourth-order valence-electron chi connectivity index (χ4n) is 4.88. The Morgan fingerprint density at radius 3 is 2.54 bits per heavy atom. The molecular formula is C28H34N6O. The van der Waals surface area contributed by atoms with Crippen molar-refractivity contribution in [2.24, 2.45) is 11.7 Å². The third kappa shape index (κ3) is 5.16. The summed E-state index contributed by atoms with van der Waals surface area (Å²) in [7, 11) is 4.09. The van der Waals surface area contributed by atoms with Crippen LogP contribution in [0.15, 0.2) is 60.9 Å². The van der Waals surface area contributed by atoms with Crippen LogP contribution in [0, 0.1) is 5.92 Å². The summed E-state index contributed by atoms with van der Waals surface area (Å²) in [5, 5.41) is 4.61. The van der Waals surface area contributed by atoms with Crippen LogP contribution in [0.4, 0.5) is 5.82 Å². The van der Waals surface area contributed by atoms with Crippen LogP contribution in [0.1, 0.15) is 19.3 Å². The Morgan fingerprint density at radius 2 is 1.83 bits per heavy atom. The molecule has 35 heavy (non-hydrogen) atoms. The fourth-order valence-corrected chi connectivity index (χ4v) is 4.88. The average molecular weight is 471 g/mol. The zero-order valence-corrected chi connectivity index (χ0v) is 20.5. The van der Waals surface area contributed by atoms with Crippen molar-refractivity contribution in [1.82, 2.24) is 19.9 Å². The first-order chi connectivity index (χ1) is 17.1. The van der Waals surface area contributed by atoms with Gasteiger partial charge in [-0.1, -0.05) is 36.8 Å². The normalized spacial score (nSPS) is 17.8. The van der Waals surface area contributed by atoms with E-state index in [1.807, 2.05) is 32.3 Å². The van der Waals surface area contributed by atoms with Gasteiger partial charge in [0.2, 0.25) is 0 Å². The number of hydrogen-bond acceptors (Lipinski definition) is 6. The smallest absolute Gasteiger partial charge is 0.143 e. The SMILES string of the molecule is CN(C)CCOc1ccc(-c2[nH]c3ncnc(NC[C@H]4CCC[C@H]4N)c3c2-c2ccccc2)cc1. The van der Waals surface area contributed by atoms with Crippen LogP contribution in [0.3, 0.4) is 0 Å². The van der Waals surface area contributed by atoms with E-state index in [4.69, 9.17) is 10.5 Å². The van der Waals surface area contributed by atoms with Crippen molar-refractivity contribution in [3.63, 3.8) is 0 Å². The molecule has 0 aliphatic heterocycles. The van der Waals surface area contributed by atoms with Gasteiger partial charge in [-0.2, -0.15) is 0 Å². The van der Waals surface area contributed by atoms with E-state index >= 15 is 0 Å². The number of nitrogens with one attached hydrogen (secondary N) is 2. The van der Waals surface area contributed by atoms with Gasteiger partial charge in [-0.05, 0) is 68.2 Å². The zero-order valence-electron chi connectivity index (χ0n) is 20.5. The van der Waals surface area contributed by atoms with Gasteiger partial charge in [-0.25, -0.2) is 9.97 Å². The molecule has 4 N–H and O–H groups in total. The van der Waals surface area contributed by atoms with Gasteiger partial charge >= 0.3 is 0 Å². The topological polar surface area (TPSA) is 92.1 Å². The first kappa shape index (κ1) is 23.3. The van der Waals surface area contributed by atoms with E-state index in [1.54, 1.807) is 6.33 Å². The van der Waals surface area contributed by atoms with E-state index < -0.39 is 0 Å². The molecular weight excluding hydrogens is 436 g/mol. The molecule has 2 atom stereocenters. The van der Waals surface area contributed by atoms with Gasteiger partial charge in [-0.15, -0.1) is 0 Å². The van der Waals surface area contributed by atoms with Gasteiger partial charge in [0.1, 0.15) is 30.1 Å². The summed E-state index contributed by atoms with van der Waals surface area (Å²) in [5.74, 6) is 2.18. The zero-order chi connectivity index (χ0) is 24.2. The quantitative estimate of drug-likeness (QED) is 0.326. The summed E-state index contributed by atoms with van der Waals surface area (Å²) in [5.41, 5.74) is 11.5. The Hall–Kier alpha value is -3.42. The highest BCUT2D eigenvalue weighted by molar-refractivity contribution is 6.07. The first-order valence-electron chi connectivity index (χ1n) is 12.4. The van der Waals surface area contributed by atoms with Crippen molar-refractivity contribution < 1.29 is 4.74 Å². The second-order valence-corrected chi connectivity index (χ2v) is 9.60. The minimum Gasteiger partial charge on any atom is -0.492 e. The predicted molar refractivity (Wildman–Crippen MR) is 143 cm³/mol. The minimum absolute atomic E-state index is 0.258. The molecule has 1 saturated carbocycles. The Bertz CT molecular complexity index is 1250. The van der Waals surface area contributed by atoms with E-state index in [0.717, 1.165) is 70.9 Å². The first-order valence-corrected chi connectivity index (χ1v) is 12.4. The Labute approximate surface area is 206 Å². The number of aromatic nitrogens is 3. The van der Waals surface area contributed by atoms with Crippen molar-refractivity contribution >= 4 is 16.9 Å². The third-order valence-corrected chi connectivity index (χ3v) is 6.85. The van der Waals surface area contributed by atoms with Crippen LogP contribution in [0.25, 0.3) is 33.4 Å². The molecule has 7 nitrogen and oxygen atoms in total. The van der Waals surface area contributed by atoms with Crippen LogP contribution in [-0.4, -0.2) is 59.7 Å². The highest BCUT2D eigenvalue weighted by atomic mass is 16.5. The number of aromatic amines is 1. The fraction of sp³-hybridized carbons (Fsp3) is 0.357. The standard InChI is InChI=1S/C28H34N6O/c1-34(2)15-16-35-22-13-11-20(12-14-22)26-24(19-7-4-3-5-8-19)25-27(31-18-32-28(25)33-26)30-17-21-9-6-10-23(21)29/h3-5,7-8,11-14,18,21,23H,6,9-10,15-17,29H2,1-2H3,(H2,30,31,32,33)/t21-,23-/m1/s1. The summed E-state index contributed by atoms with van der Waals surface area (Å²) in [6.45, 7) is 2.35. The van der Waals surface area contributed by atoms with Gasteiger partial charge in [-0.3, -0.25) is 0 Å². The molecule has 1 aliphatic carbocycles. The molecule has 2 heterocycles. The number of likely N-dealkylation sites (N-methyl/N-ethyl adjacent to an activating group) is 1. The van der Waals surface area contributed by atoms with Crippen LogP contribution >= 0.6 is 0 Å². The van der Waals surface area contributed by atoms with Crippen molar-refractivity contribution in [3.05, 3.63) is 60.9 Å². The van der Waals surface area contributed by atoms with Crippen LogP contribution < -0.4 is 15.8 Å². The van der Waals surface area contributed by atoms with E-state index in [9.17, 15) is 0 Å². The number of nitrogens with two attached hydrogens (primary N) is 1. The third-order valence-electron chi connectivity index (χ3n) is 6.85. The number of anilines is 1. The summed E-state index contributed by atoms with van der Waals surface area (Å²) >= 11 is 0. The maximum Gasteiger partial charge on any atom is 0.143 e. The highest BCUT2D eigenvalue weighted by Crippen LogP contribution is 2.40. The molecule has 5 rings (SSSR count). The van der Waals surface area contributed by atoms with E-state index in [2.05, 4.69) is 61.6 Å². The second-order valence-electron chi connectivity index (χ2n) is 9.60. The van der Waals surface area contributed by atoms with Gasteiger partial charge in [0.25, 0.3) is 0 Å². The summed E-state index contributed by atoms with van der Waals surface area (Å²) < 4.78 is 5.90. The number of ether oxygens (including phenoxy) is 1. The molecule has 7 heteroatoms. The Balaban J connectivity index is 1.51. The van der Waals surface area contributed by atoms with Crippen LogP contribution in [0.2, 0.25) is 0 Å². The average Bonchev–Trinajstić information content (AvgIpc) is 3.47. The van der Waals surface area contributed by atoms with E-state index in [0.29, 0.717) is 12.5 Å². The summed E-state index contributed by atoms with van der Waals surface area (Å²) in [6.07, 6.45) is 5.08. The van der Waals surface area contributed by atoms with Crippen molar-refractivity contribution in [2.75, 3.05) is 39.1 Å². The molecule has 1 aliphatic rings. The molecule has 0 radical (unpaired) electrons. The molecule has 0 unspecified atom stereocenters. The molecule has 1 fully saturated rings. The second kappa shape index (κ2) is 10.5. The predicted octanol–water partition coefficient (Wildman–Crippen LogP) is 4.77. The monoisotopic (exact) mass is 470 g/mol. The van der Waals surface area contributed by atoms with Crippen molar-refractivity contribution in [2.45, 2.75) is 25.3 Å². The maximum absolute atomic E-state index is 6.32.